The van der Waals surface area contributed by atoms with Gasteiger partial charge in [-0.05, 0) is 59.9 Å². The van der Waals surface area contributed by atoms with Crippen LogP contribution in [-0.2, 0) is 30.2 Å². The Morgan fingerprint density at radius 1 is 1.19 bits per heavy atom. The van der Waals surface area contributed by atoms with Gasteiger partial charge in [0, 0.05) is 18.7 Å². The second-order valence-electron chi connectivity index (χ2n) is 13.1. The molecule has 2 atom stereocenters. The number of amides is 1. The van der Waals surface area contributed by atoms with Crippen molar-refractivity contribution in [2.24, 2.45) is 0 Å². The maximum atomic E-state index is 13.8. The third-order valence-electron chi connectivity index (χ3n) is 7.09. The lowest BCUT2D eigenvalue weighted by Gasteiger charge is -2.31. The SMILES string of the molecule is COC(C)(C)OC[C@@H](Nc1cc(N(Cc2ccccc2)C(=O)OC(C)(C)C)n2ncc(C(C)C)c2n1)[C@H]1COC(C)(C)O1. The largest absolute Gasteiger partial charge is 0.443 e. The van der Waals surface area contributed by atoms with E-state index in [4.69, 9.17) is 28.7 Å². The summed E-state index contributed by atoms with van der Waals surface area (Å²) >= 11 is 0. The minimum atomic E-state index is -0.809. The highest BCUT2D eigenvalue weighted by Gasteiger charge is 2.39. The number of nitrogens with zero attached hydrogens (tertiary/aromatic N) is 4. The first-order valence-electron chi connectivity index (χ1n) is 14.8. The summed E-state index contributed by atoms with van der Waals surface area (Å²) in [5, 5.41) is 8.20. The second kappa shape index (κ2) is 12.8. The van der Waals surface area contributed by atoms with Gasteiger partial charge in [-0.3, -0.25) is 4.90 Å². The lowest BCUT2D eigenvalue weighted by Crippen LogP contribution is -2.43. The van der Waals surface area contributed by atoms with Crippen LogP contribution in [0.25, 0.3) is 5.65 Å². The number of methoxy groups -OCH3 is 1. The molecule has 1 aromatic carbocycles. The average molecular weight is 598 g/mol. The van der Waals surface area contributed by atoms with Gasteiger partial charge < -0.3 is 29.0 Å². The van der Waals surface area contributed by atoms with Crippen molar-refractivity contribution in [1.29, 1.82) is 0 Å². The highest BCUT2D eigenvalue weighted by Crippen LogP contribution is 2.31. The molecule has 0 bridgehead atoms. The van der Waals surface area contributed by atoms with Gasteiger partial charge in [0.2, 0.25) is 0 Å². The van der Waals surface area contributed by atoms with Crippen LogP contribution in [0.1, 0.15) is 79.4 Å². The normalized spacial score (nSPS) is 17.8. The molecule has 1 aliphatic heterocycles. The first-order chi connectivity index (χ1) is 20.1. The van der Waals surface area contributed by atoms with E-state index in [9.17, 15) is 4.79 Å². The van der Waals surface area contributed by atoms with Crippen molar-refractivity contribution in [1.82, 2.24) is 14.6 Å². The monoisotopic (exact) mass is 597 g/mol. The molecule has 1 aliphatic rings. The number of aromatic nitrogens is 3. The fourth-order valence-electron chi connectivity index (χ4n) is 4.65. The zero-order valence-electron chi connectivity index (χ0n) is 27.1. The zero-order valence-corrected chi connectivity index (χ0v) is 27.1. The molecular weight excluding hydrogens is 550 g/mol. The number of benzene rings is 1. The van der Waals surface area contributed by atoms with Crippen molar-refractivity contribution in [2.45, 2.75) is 104 Å². The molecule has 4 rings (SSSR count). The fraction of sp³-hybridized carbons (Fsp3) is 0.594. The van der Waals surface area contributed by atoms with Crippen LogP contribution in [0.15, 0.2) is 42.6 Å². The van der Waals surface area contributed by atoms with E-state index in [0.29, 0.717) is 23.9 Å². The predicted molar refractivity (Wildman–Crippen MR) is 165 cm³/mol. The van der Waals surface area contributed by atoms with E-state index in [1.807, 2.05) is 84.9 Å². The van der Waals surface area contributed by atoms with Crippen LogP contribution in [0, 0.1) is 0 Å². The molecule has 11 nitrogen and oxygen atoms in total. The molecule has 43 heavy (non-hydrogen) atoms. The molecule has 1 saturated heterocycles. The van der Waals surface area contributed by atoms with Gasteiger partial charge in [0.25, 0.3) is 0 Å². The van der Waals surface area contributed by atoms with E-state index >= 15 is 0 Å². The molecule has 11 heteroatoms. The number of rotatable bonds is 11. The molecule has 0 unspecified atom stereocenters. The minimum Gasteiger partial charge on any atom is -0.443 e. The summed E-state index contributed by atoms with van der Waals surface area (Å²) in [5.74, 6) is -0.353. The summed E-state index contributed by atoms with van der Waals surface area (Å²) in [5.41, 5.74) is 1.83. The van der Waals surface area contributed by atoms with Crippen LogP contribution in [0.4, 0.5) is 16.4 Å². The van der Waals surface area contributed by atoms with Gasteiger partial charge in [-0.25, -0.2) is 9.78 Å². The van der Waals surface area contributed by atoms with Crippen LogP contribution < -0.4 is 10.2 Å². The number of anilines is 2. The maximum absolute atomic E-state index is 13.8. The van der Waals surface area contributed by atoms with Crippen molar-refractivity contribution in [3.05, 3.63) is 53.7 Å². The Balaban J connectivity index is 1.81. The van der Waals surface area contributed by atoms with Crippen molar-refractivity contribution >= 4 is 23.4 Å². The van der Waals surface area contributed by atoms with E-state index in [1.165, 1.54) is 0 Å². The Morgan fingerprint density at radius 3 is 2.47 bits per heavy atom. The first-order valence-corrected chi connectivity index (χ1v) is 14.8. The van der Waals surface area contributed by atoms with E-state index in [-0.39, 0.29) is 31.2 Å². The van der Waals surface area contributed by atoms with Gasteiger partial charge in [0.1, 0.15) is 23.3 Å². The number of hydrogen-bond acceptors (Lipinski definition) is 9. The third-order valence-corrected chi connectivity index (χ3v) is 7.09. The standard InChI is InChI=1S/C32H47N5O6/c1-21(2)23-17-33-37-27(36(29(38)43-30(3,4)5)18-22-14-12-11-13-15-22)16-26(35-28(23)37)34-24(19-40-31(6,7)39-10)25-20-41-32(8,9)42-25/h11-17,21,24-25H,18-20H2,1-10H3,(H,34,35)/t24-,25-/m1/s1. The number of nitrogens with one attached hydrogen (secondary N) is 1. The van der Waals surface area contributed by atoms with Crippen LogP contribution in [-0.4, -0.2) is 70.3 Å². The molecule has 0 radical (unpaired) electrons. The quantitative estimate of drug-likeness (QED) is 0.261. The van der Waals surface area contributed by atoms with Gasteiger partial charge in [0.15, 0.2) is 17.2 Å². The fourth-order valence-corrected chi connectivity index (χ4v) is 4.65. The zero-order chi connectivity index (χ0) is 31.6. The Bertz CT molecular complexity index is 1380. The molecule has 0 saturated carbocycles. The summed E-state index contributed by atoms with van der Waals surface area (Å²) in [7, 11) is 1.60. The van der Waals surface area contributed by atoms with Crippen molar-refractivity contribution in [2.75, 3.05) is 30.5 Å². The van der Waals surface area contributed by atoms with Crippen molar-refractivity contribution in [3.63, 3.8) is 0 Å². The number of ether oxygens (including phenoxy) is 5. The summed E-state index contributed by atoms with van der Waals surface area (Å²) in [6.45, 7) is 18.1. The second-order valence-corrected chi connectivity index (χ2v) is 13.1. The third kappa shape index (κ3) is 8.44. The summed E-state index contributed by atoms with van der Waals surface area (Å²) in [6.07, 6.45) is 0.978. The highest BCUT2D eigenvalue weighted by molar-refractivity contribution is 5.88. The smallest absolute Gasteiger partial charge is 0.416 e. The van der Waals surface area contributed by atoms with E-state index in [1.54, 1.807) is 22.7 Å². The molecule has 3 heterocycles. The number of fused-ring (bicyclic) bond motifs is 1. The van der Waals surface area contributed by atoms with E-state index < -0.39 is 23.3 Å². The van der Waals surface area contributed by atoms with Gasteiger partial charge in [0.05, 0.1) is 32.0 Å². The molecule has 3 aromatic rings. The lowest BCUT2D eigenvalue weighted by molar-refractivity contribution is -0.203. The van der Waals surface area contributed by atoms with Crippen molar-refractivity contribution < 1.29 is 28.5 Å². The predicted octanol–water partition coefficient (Wildman–Crippen LogP) is 6.13. The van der Waals surface area contributed by atoms with E-state index in [2.05, 4.69) is 24.3 Å². The van der Waals surface area contributed by atoms with Gasteiger partial charge in [-0.15, -0.1) is 0 Å². The molecule has 236 valence electrons. The average Bonchev–Trinajstić information content (AvgIpc) is 3.52. The molecule has 1 fully saturated rings. The van der Waals surface area contributed by atoms with Gasteiger partial charge in [-0.2, -0.15) is 9.61 Å². The van der Waals surface area contributed by atoms with Crippen molar-refractivity contribution in [3.8, 4) is 0 Å². The molecular formula is C32H47N5O6. The number of carbonyl (C=O) groups excluding carboxylic acids is 1. The molecule has 1 N–H and O–H groups in total. The topological polar surface area (TPSA) is 109 Å². The maximum Gasteiger partial charge on any atom is 0.416 e. The van der Waals surface area contributed by atoms with Crippen LogP contribution in [0.2, 0.25) is 0 Å². The Labute approximate surface area is 254 Å². The first kappa shape index (κ1) is 32.7. The molecule has 0 spiro atoms. The van der Waals surface area contributed by atoms with E-state index in [0.717, 1.165) is 11.1 Å². The molecule has 1 amide bonds. The van der Waals surface area contributed by atoms with Crippen LogP contribution in [0.5, 0.6) is 0 Å². The molecule has 0 aliphatic carbocycles. The summed E-state index contributed by atoms with van der Waals surface area (Å²) in [6, 6.07) is 11.2. The molecule has 2 aromatic heterocycles. The lowest BCUT2D eigenvalue weighted by atomic mass is 10.1. The Kier molecular flexibility index (Phi) is 9.70. The minimum absolute atomic E-state index is 0.145. The number of carbonyl (C=O) groups is 1. The highest BCUT2D eigenvalue weighted by atomic mass is 16.7. The Hall–Kier alpha value is -3.25. The summed E-state index contributed by atoms with van der Waals surface area (Å²) < 4.78 is 31.3. The Morgan fingerprint density at radius 2 is 1.88 bits per heavy atom. The van der Waals surface area contributed by atoms with Gasteiger partial charge >= 0.3 is 6.09 Å². The van der Waals surface area contributed by atoms with Gasteiger partial charge in [-0.1, -0.05) is 44.2 Å². The summed E-state index contributed by atoms with van der Waals surface area (Å²) in [4.78, 5) is 20.3. The van der Waals surface area contributed by atoms with Crippen LogP contribution >= 0.6 is 0 Å². The number of hydrogen-bond donors (Lipinski definition) is 1. The van der Waals surface area contributed by atoms with Crippen LogP contribution in [0.3, 0.4) is 0 Å².